The van der Waals surface area contributed by atoms with Gasteiger partial charge in [0, 0.05) is 17.1 Å². The zero-order chi connectivity index (χ0) is 16.2. The fraction of sp³-hybridized carbons (Fsp3) is 0.154. The predicted octanol–water partition coefficient (Wildman–Crippen LogP) is 2.08. The van der Waals surface area contributed by atoms with Crippen molar-refractivity contribution in [1.82, 2.24) is 9.99 Å². The zero-order valence-corrected chi connectivity index (χ0v) is 11.8. The highest BCUT2D eigenvalue weighted by Gasteiger charge is 2.31. The molecule has 0 spiro atoms. The van der Waals surface area contributed by atoms with Crippen molar-refractivity contribution in [1.29, 1.82) is 0 Å². The Bertz CT molecular complexity index is 736. The smallest absolute Gasteiger partial charge is 0.305 e. The molecule has 1 amide bonds. The molecular weight excluding hydrogens is 319 g/mol. The third-order valence-electron chi connectivity index (χ3n) is 2.55. The monoisotopic (exact) mass is 329 g/mol. The fourth-order valence-electron chi connectivity index (χ4n) is 1.55. The molecule has 0 unspecified atom stereocenters. The van der Waals surface area contributed by atoms with Crippen LogP contribution in [0.5, 0.6) is 0 Å². The summed E-state index contributed by atoms with van der Waals surface area (Å²) in [5.41, 5.74) is 0.450. The summed E-state index contributed by atoms with van der Waals surface area (Å²) in [6, 6.07) is 5.02. The van der Waals surface area contributed by atoms with Crippen molar-refractivity contribution in [2.45, 2.75) is 12.7 Å². The summed E-state index contributed by atoms with van der Waals surface area (Å²) in [4.78, 5) is 23.9. The first kappa shape index (κ1) is 16.0. The number of nitrogens with one attached hydrogen (secondary N) is 1. The summed E-state index contributed by atoms with van der Waals surface area (Å²) in [5.74, 6) is -0.700. The van der Waals surface area contributed by atoms with Crippen LogP contribution in [-0.2, 0) is 17.5 Å². The number of hydrogen-bond donors (Lipinski definition) is 1. The molecule has 5 nitrogen and oxygen atoms in total. The standard InChI is InChI=1S/C13H10F3N3O2S/c14-13(15,16)9-3-4-12(21)19(7-9)8-11(20)18-17-6-10-2-1-5-22-10/h1-7H,8H2,(H,18,20). The Morgan fingerprint density at radius 2 is 2.14 bits per heavy atom. The lowest BCUT2D eigenvalue weighted by molar-refractivity contribution is -0.138. The molecule has 2 rings (SSSR count). The Labute approximate surface area is 126 Å². The number of halogens is 3. The van der Waals surface area contributed by atoms with E-state index < -0.39 is 29.8 Å². The van der Waals surface area contributed by atoms with Gasteiger partial charge in [0.05, 0.1) is 11.8 Å². The lowest BCUT2D eigenvalue weighted by Gasteiger charge is -2.09. The van der Waals surface area contributed by atoms with Crippen LogP contribution < -0.4 is 11.0 Å². The molecule has 0 saturated carbocycles. The first-order valence-electron chi connectivity index (χ1n) is 5.99. The Morgan fingerprint density at radius 1 is 1.36 bits per heavy atom. The quantitative estimate of drug-likeness (QED) is 0.689. The molecule has 2 heterocycles. The lowest BCUT2D eigenvalue weighted by Crippen LogP contribution is -2.30. The van der Waals surface area contributed by atoms with Crippen molar-refractivity contribution in [2.75, 3.05) is 0 Å². The van der Waals surface area contributed by atoms with E-state index in [2.05, 4.69) is 10.5 Å². The van der Waals surface area contributed by atoms with Crippen LogP contribution >= 0.6 is 11.3 Å². The van der Waals surface area contributed by atoms with E-state index in [1.165, 1.54) is 17.6 Å². The molecule has 22 heavy (non-hydrogen) atoms. The number of thiophene rings is 1. The van der Waals surface area contributed by atoms with Crippen LogP contribution in [0.15, 0.2) is 45.7 Å². The molecule has 0 aliphatic heterocycles. The molecule has 2 aromatic rings. The van der Waals surface area contributed by atoms with Gasteiger partial charge in [-0.1, -0.05) is 6.07 Å². The number of rotatable bonds is 4. The third kappa shape index (κ3) is 4.29. The van der Waals surface area contributed by atoms with Crippen LogP contribution in [0.3, 0.4) is 0 Å². The second kappa shape index (κ2) is 6.56. The molecule has 1 N–H and O–H groups in total. The molecule has 9 heteroatoms. The van der Waals surface area contributed by atoms with E-state index in [1.54, 1.807) is 12.1 Å². The molecule has 0 aliphatic carbocycles. The molecule has 0 aromatic carbocycles. The minimum absolute atomic E-state index is 0.551. The van der Waals surface area contributed by atoms with Crippen LogP contribution in [0.4, 0.5) is 13.2 Å². The first-order chi connectivity index (χ1) is 10.4. The summed E-state index contributed by atoms with van der Waals surface area (Å²) in [6.45, 7) is -0.551. The highest BCUT2D eigenvalue weighted by atomic mass is 32.1. The van der Waals surface area contributed by atoms with Gasteiger partial charge in [-0.2, -0.15) is 18.3 Å². The summed E-state index contributed by atoms with van der Waals surface area (Å²) >= 11 is 1.40. The second-order valence-electron chi connectivity index (χ2n) is 4.19. The van der Waals surface area contributed by atoms with Gasteiger partial charge in [-0.3, -0.25) is 9.59 Å². The van der Waals surface area contributed by atoms with Gasteiger partial charge in [-0.05, 0) is 17.5 Å². The molecule has 116 valence electrons. The summed E-state index contributed by atoms with van der Waals surface area (Å²) < 4.78 is 38.4. The minimum atomic E-state index is -4.58. The summed E-state index contributed by atoms with van der Waals surface area (Å²) in [6.07, 6.45) is -2.58. The average molecular weight is 329 g/mol. The van der Waals surface area contributed by atoms with Gasteiger partial charge in [0.1, 0.15) is 6.54 Å². The number of pyridine rings is 1. The molecule has 0 bridgehead atoms. The zero-order valence-electron chi connectivity index (χ0n) is 11.0. The minimum Gasteiger partial charge on any atom is -0.305 e. The van der Waals surface area contributed by atoms with Gasteiger partial charge in [-0.15, -0.1) is 11.3 Å². The number of hydrogen-bond acceptors (Lipinski definition) is 4. The van der Waals surface area contributed by atoms with Gasteiger partial charge < -0.3 is 4.57 Å². The van der Waals surface area contributed by atoms with E-state index in [9.17, 15) is 22.8 Å². The molecule has 0 atom stereocenters. The highest BCUT2D eigenvalue weighted by molar-refractivity contribution is 7.11. The summed E-state index contributed by atoms with van der Waals surface area (Å²) in [5, 5.41) is 5.48. The number of carbonyl (C=O) groups is 1. The first-order valence-corrected chi connectivity index (χ1v) is 6.87. The number of carbonyl (C=O) groups excluding carboxylic acids is 1. The van der Waals surface area contributed by atoms with Crippen LogP contribution in [0.25, 0.3) is 0 Å². The maximum Gasteiger partial charge on any atom is 0.417 e. The van der Waals surface area contributed by atoms with Crippen LogP contribution in [0.2, 0.25) is 0 Å². The number of amides is 1. The van der Waals surface area contributed by atoms with E-state index in [0.29, 0.717) is 16.8 Å². The van der Waals surface area contributed by atoms with E-state index >= 15 is 0 Å². The van der Waals surface area contributed by atoms with E-state index in [-0.39, 0.29) is 0 Å². The second-order valence-corrected chi connectivity index (χ2v) is 5.17. The molecule has 0 aliphatic rings. The van der Waals surface area contributed by atoms with Crippen molar-refractivity contribution in [3.63, 3.8) is 0 Å². The van der Waals surface area contributed by atoms with Gasteiger partial charge in [0.2, 0.25) is 0 Å². The van der Waals surface area contributed by atoms with Gasteiger partial charge >= 0.3 is 6.18 Å². The van der Waals surface area contributed by atoms with Crippen LogP contribution in [0.1, 0.15) is 10.4 Å². The molecule has 0 radical (unpaired) electrons. The predicted molar refractivity (Wildman–Crippen MR) is 75.8 cm³/mol. The largest absolute Gasteiger partial charge is 0.417 e. The van der Waals surface area contributed by atoms with E-state index in [4.69, 9.17) is 0 Å². The van der Waals surface area contributed by atoms with E-state index in [0.717, 1.165) is 10.9 Å². The number of alkyl halides is 3. The lowest BCUT2D eigenvalue weighted by atomic mass is 10.3. The summed E-state index contributed by atoms with van der Waals surface area (Å²) in [7, 11) is 0. The average Bonchev–Trinajstić information content (AvgIpc) is 2.93. The fourth-order valence-corrected chi connectivity index (χ4v) is 2.13. The third-order valence-corrected chi connectivity index (χ3v) is 3.36. The Morgan fingerprint density at radius 3 is 2.77 bits per heavy atom. The van der Waals surface area contributed by atoms with Gasteiger partial charge in [-0.25, -0.2) is 5.43 Å². The maximum absolute atomic E-state index is 12.6. The maximum atomic E-state index is 12.6. The Hall–Kier alpha value is -2.42. The molecule has 0 fully saturated rings. The molecular formula is C13H10F3N3O2S. The number of nitrogens with zero attached hydrogens (tertiary/aromatic N) is 2. The van der Waals surface area contributed by atoms with Crippen LogP contribution in [-0.4, -0.2) is 16.7 Å². The number of hydrazone groups is 1. The van der Waals surface area contributed by atoms with Crippen molar-refractivity contribution in [2.24, 2.45) is 5.10 Å². The van der Waals surface area contributed by atoms with Crippen molar-refractivity contribution in [3.8, 4) is 0 Å². The molecule has 0 saturated heterocycles. The van der Waals surface area contributed by atoms with Crippen molar-refractivity contribution < 1.29 is 18.0 Å². The highest BCUT2D eigenvalue weighted by Crippen LogP contribution is 2.27. The van der Waals surface area contributed by atoms with Crippen LogP contribution in [0, 0.1) is 0 Å². The van der Waals surface area contributed by atoms with Crippen molar-refractivity contribution in [3.05, 3.63) is 56.6 Å². The Kier molecular flexibility index (Phi) is 4.76. The van der Waals surface area contributed by atoms with Crippen molar-refractivity contribution >= 4 is 23.5 Å². The number of aromatic nitrogens is 1. The van der Waals surface area contributed by atoms with Gasteiger partial charge in [0.15, 0.2) is 0 Å². The molecule has 2 aromatic heterocycles. The van der Waals surface area contributed by atoms with Gasteiger partial charge in [0.25, 0.3) is 11.5 Å². The normalized spacial score (nSPS) is 11.8. The SMILES string of the molecule is O=C(Cn1cc(C(F)(F)F)ccc1=O)NN=Cc1cccs1. The Balaban J connectivity index is 2.03. The van der Waals surface area contributed by atoms with E-state index in [1.807, 2.05) is 5.38 Å². The topological polar surface area (TPSA) is 63.5 Å².